The highest BCUT2D eigenvalue weighted by Gasteiger charge is 2.20. The van der Waals surface area contributed by atoms with Gasteiger partial charge in [-0.2, -0.15) is 0 Å². The number of fused-ring (bicyclic) bond motifs is 1. The number of likely N-dealkylation sites (tertiary alicyclic amines) is 1. The number of piperazine rings is 1. The predicted octanol–water partition coefficient (Wildman–Crippen LogP) is 2.15. The lowest BCUT2D eigenvalue weighted by atomic mass is 10.2. The van der Waals surface area contributed by atoms with Gasteiger partial charge in [0, 0.05) is 69.5 Å². The van der Waals surface area contributed by atoms with E-state index >= 15 is 0 Å². The van der Waals surface area contributed by atoms with Gasteiger partial charge in [0.1, 0.15) is 6.33 Å². The summed E-state index contributed by atoms with van der Waals surface area (Å²) >= 11 is 0. The molecule has 0 atom stereocenters. The van der Waals surface area contributed by atoms with E-state index in [4.69, 9.17) is 0 Å². The van der Waals surface area contributed by atoms with Crippen molar-refractivity contribution in [2.24, 2.45) is 0 Å². The minimum Gasteiger partial charge on any atom is -0.369 e. The quantitative estimate of drug-likeness (QED) is 0.843. The van der Waals surface area contributed by atoms with Gasteiger partial charge in [0.05, 0.1) is 5.52 Å². The topological polar surface area (TPSA) is 52.6 Å². The van der Waals surface area contributed by atoms with Crippen LogP contribution in [0.4, 0.5) is 5.69 Å². The molecule has 1 aromatic carbocycles. The molecule has 2 fully saturated rings. The van der Waals surface area contributed by atoms with E-state index in [-0.39, 0.29) is 0 Å². The normalized spacial score (nSPS) is 19.8. The van der Waals surface area contributed by atoms with E-state index in [1.807, 2.05) is 6.20 Å². The molecular formula is C20H27N5O. The minimum absolute atomic E-state index is 0.347. The number of carbonyl (C=O) groups is 1. The van der Waals surface area contributed by atoms with Crippen LogP contribution in [0.2, 0.25) is 0 Å². The number of carbonyl (C=O) groups excluding carboxylic acids is 1. The lowest BCUT2D eigenvalue weighted by molar-refractivity contribution is -0.130. The monoisotopic (exact) mass is 353 g/mol. The fraction of sp³-hybridized carbons (Fsp3) is 0.550. The molecule has 4 rings (SSSR count). The van der Waals surface area contributed by atoms with Crippen LogP contribution in [0.5, 0.6) is 0 Å². The largest absolute Gasteiger partial charge is 0.369 e. The summed E-state index contributed by atoms with van der Waals surface area (Å²) in [6, 6.07) is 6.41. The SMILES string of the molecule is O=C1CCCCCN1CCN1CCN(c2ccc3ncncc3c2)CC1. The summed E-state index contributed by atoms with van der Waals surface area (Å²) in [6.07, 6.45) is 7.61. The lowest BCUT2D eigenvalue weighted by Crippen LogP contribution is -2.49. The summed E-state index contributed by atoms with van der Waals surface area (Å²) < 4.78 is 0. The molecule has 26 heavy (non-hydrogen) atoms. The van der Waals surface area contributed by atoms with Crippen molar-refractivity contribution in [3.05, 3.63) is 30.7 Å². The van der Waals surface area contributed by atoms with E-state index in [1.165, 1.54) is 12.1 Å². The highest BCUT2D eigenvalue weighted by Crippen LogP contribution is 2.21. The lowest BCUT2D eigenvalue weighted by Gasteiger charge is -2.37. The third-order valence-electron chi connectivity index (χ3n) is 5.58. The predicted molar refractivity (Wildman–Crippen MR) is 103 cm³/mol. The van der Waals surface area contributed by atoms with Crippen LogP contribution in [0.25, 0.3) is 10.9 Å². The highest BCUT2D eigenvalue weighted by atomic mass is 16.2. The molecule has 0 unspecified atom stereocenters. The van der Waals surface area contributed by atoms with Crippen molar-refractivity contribution in [3.8, 4) is 0 Å². The summed E-state index contributed by atoms with van der Waals surface area (Å²) in [5, 5.41) is 1.09. The molecule has 6 nitrogen and oxygen atoms in total. The molecule has 2 aliphatic heterocycles. The van der Waals surface area contributed by atoms with Crippen molar-refractivity contribution < 1.29 is 4.79 Å². The standard InChI is InChI=1S/C20H27N5O/c26-20-4-2-1-3-7-25(20)13-10-23-8-11-24(12-9-23)18-5-6-19-17(14-18)15-21-16-22-19/h5-6,14-16H,1-4,7-13H2. The van der Waals surface area contributed by atoms with Crippen molar-refractivity contribution in [2.45, 2.75) is 25.7 Å². The number of hydrogen-bond donors (Lipinski definition) is 0. The molecule has 1 amide bonds. The second kappa shape index (κ2) is 7.99. The van der Waals surface area contributed by atoms with Gasteiger partial charge in [-0.1, -0.05) is 6.42 Å². The zero-order valence-electron chi connectivity index (χ0n) is 15.3. The van der Waals surface area contributed by atoms with Gasteiger partial charge in [-0.05, 0) is 31.0 Å². The van der Waals surface area contributed by atoms with Crippen LogP contribution in [0.3, 0.4) is 0 Å². The second-order valence-corrected chi connectivity index (χ2v) is 7.29. The van der Waals surface area contributed by atoms with Gasteiger partial charge in [-0.15, -0.1) is 0 Å². The van der Waals surface area contributed by atoms with Crippen LogP contribution in [-0.2, 0) is 4.79 Å². The first-order valence-electron chi connectivity index (χ1n) is 9.74. The van der Waals surface area contributed by atoms with Crippen LogP contribution >= 0.6 is 0 Å². The Kier molecular flexibility index (Phi) is 5.29. The van der Waals surface area contributed by atoms with Crippen molar-refractivity contribution in [1.29, 1.82) is 0 Å². The summed E-state index contributed by atoms with van der Waals surface area (Å²) in [4.78, 5) is 27.5. The van der Waals surface area contributed by atoms with E-state index in [0.29, 0.717) is 5.91 Å². The first-order valence-corrected chi connectivity index (χ1v) is 9.74. The smallest absolute Gasteiger partial charge is 0.222 e. The maximum absolute atomic E-state index is 12.1. The van der Waals surface area contributed by atoms with E-state index in [0.717, 1.165) is 76.0 Å². The fourth-order valence-electron chi connectivity index (χ4n) is 3.94. The number of rotatable bonds is 4. The molecule has 2 aliphatic rings. The van der Waals surface area contributed by atoms with Crippen molar-refractivity contribution in [2.75, 3.05) is 50.7 Å². The van der Waals surface area contributed by atoms with Gasteiger partial charge in [-0.25, -0.2) is 9.97 Å². The van der Waals surface area contributed by atoms with E-state index in [9.17, 15) is 4.79 Å². The van der Waals surface area contributed by atoms with E-state index < -0.39 is 0 Å². The maximum Gasteiger partial charge on any atom is 0.222 e. The average molecular weight is 353 g/mol. The highest BCUT2D eigenvalue weighted by molar-refractivity contribution is 5.81. The van der Waals surface area contributed by atoms with Crippen molar-refractivity contribution in [3.63, 3.8) is 0 Å². The molecule has 1 aromatic heterocycles. The van der Waals surface area contributed by atoms with Gasteiger partial charge in [-0.3, -0.25) is 9.69 Å². The number of benzene rings is 1. The first kappa shape index (κ1) is 17.2. The molecule has 6 heteroatoms. The summed E-state index contributed by atoms with van der Waals surface area (Å²) in [7, 11) is 0. The first-order chi connectivity index (χ1) is 12.8. The van der Waals surface area contributed by atoms with E-state index in [2.05, 4.69) is 42.9 Å². The Morgan fingerprint density at radius 3 is 2.73 bits per heavy atom. The Balaban J connectivity index is 1.30. The molecule has 138 valence electrons. The van der Waals surface area contributed by atoms with E-state index in [1.54, 1.807) is 6.33 Å². The molecule has 0 radical (unpaired) electrons. The third-order valence-corrected chi connectivity index (χ3v) is 5.58. The Morgan fingerprint density at radius 1 is 0.962 bits per heavy atom. The second-order valence-electron chi connectivity index (χ2n) is 7.29. The number of aromatic nitrogens is 2. The summed E-state index contributed by atoms with van der Waals surface area (Å²) in [5.74, 6) is 0.347. The fourth-order valence-corrected chi connectivity index (χ4v) is 3.94. The van der Waals surface area contributed by atoms with Crippen molar-refractivity contribution >= 4 is 22.5 Å². The molecule has 0 spiro atoms. The Labute approximate surface area is 154 Å². The molecule has 2 saturated heterocycles. The van der Waals surface area contributed by atoms with Crippen molar-refractivity contribution in [1.82, 2.24) is 19.8 Å². The Bertz CT molecular complexity index is 757. The van der Waals surface area contributed by atoms with Crippen LogP contribution in [0.15, 0.2) is 30.7 Å². The Morgan fingerprint density at radius 2 is 1.85 bits per heavy atom. The Hall–Kier alpha value is -2.21. The maximum atomic E-state index is 12.1. The zero-order chi connectivity index (χ0) is 17.8. The average Bonchev–Trinajstić information content (AvgIpc) is 2.90. The minimum atomic E-state index is 0.347. The molecule has 0 bridgehead atoms. The number of anilines is 1. The van der Waals surface area contributed by atoms with Crippen LogP contribution < -0.4 is 4.90 Å². The summed E-state index contributed by atoms with van der Waals surface area (Å²) in [5.41, 5.74) is 2.24. The molecule has 0 N–H and O–H groups in total. The van der Waals surface area contributed by atoms with Gasteiger partial charge < -0.3 is 9.80 Å². The van der Waals surface area contributed by atoms with Crippen LogP contribution in [-0.4, -0.2) is 71.5 Å². The van der Waals surface area contributed by atoms with Crippen LogP contribution in [0.1, 0.15) is 25.7 Å². The van der Waals surface area contributed by atoms with Gasteiger partial charge in [0.2, 0.25) is 5.91 Å². The number of hydrogen-bond acceptors (Lipinski definition) is 5. The molecule has 2 aromatic rings. The van der Waals surface area contributed by atoms with Gasteiger partial charge in [0.15, 0.2) is 0 Å². The number of amides is 1. The molecule has 0 aliphatic carbocycles. The van der Waals surface area contributed by atoms with Gasteiger partial charge in [0.25, 0.3) is 0 Å². The summed E-state index contributed by atoms with van der Waals surface area (Å²) in [6.45, 7) is 6.95. The van der Waals surface area contributed by atoms with Gasteiger partial charge >= 0.3 is 0 Å². The molecular weight excluding hydrogens is 326 g/mol. The number of nitrogens with zero attached hydrogens (tertiary/aromatic N) is 5. The molecule has 0 saturated carbocycles. The van der Waals surface area contributed by atoms with Crippen LogP contribution in [0, 0.1) is 0 Å². The third kappa shape index (κ3) is 3.96. The zero-order valence-corrected chi connectivity index (χ0v) is 15.3. The molecule has 3 heterocycles.